The highest BCUT2D eigenvalue weighted by Gasteiger charge is 2.48. The maximum absolute atomic E-state index is 6.50. The van der Waals surface area contributed by atoms with Crippen LogP contribution in [0.5, 0.6) is 0 Å². The zero-order valence-electron chi connectivity index (χ0n) is 11.2. The van der Waals surface area contributed by atoms with E-state index in [1.165, 1.54) is 5.56 Å². The van der Waals surface area contributed by atoms with E-state index in [0.717, 1.165) is 24.8 Å². The highest BCUT2D eigenvalue weighted by Crippen LogP contribution is 2.51. The smallest absolute Gasteiger partial charge is 0.0624 e. The third-order valence-electron chi connectivity index (χ3n) is 4.32. The van der Waals surface area contributed by atoms with Crippen molar-refractivity contribution in [2.24, 2.45) is 5.73 Å². The lowest BCUT2D eigenvalue weighted by atomic mass is 9.85. The Balaban J connectivity index is 1.83. The molecule has 1 fully saturated rings. The van der Waals surface area contributed by atoms with Crippen molar-refractivity contribution in [3.05, 3.63) is 69.7 Å². The third kappa shape index (κ3) is 2.46. The summed E-state index contributed by atoms with van der Waals surface area (Å²) in [5.41, 5.74) is 8.99. The molecule has 1 nitrogen and oxygen atoms in total. The van der Waals surface area contributed by atoms with Gasteiger partial charge in [-0.25, -0.2) is 0 Å². The number of rotatable bonds is 4. The van der Waals surface area contributed by atoms with E-state index >= 15 is 0 Å². The normalized spacial score (nSPS) is 17.8. The molecule has 1 unspecified atom stereocenters. The fourth-order valence-corrected chi connectivity index (χ4v) is 3.31. The van der Waals surface area contributed by atoms with Gasteiger partial charge in [0.2, 0.25) is 0 Å². The van der Waals surface area contributed by atoms with Gasteiger partial charge in [0.05, 0.1) is 10.0 Å². The van der Waals surface area contributed by atoms with Crippen molar-refractivity contribution in [1.82, 2.24) is 0 Å². The van der Waals surface area contributed by atoms with Crippen LogP contribution < -0.4 is 5.73 Å². The van der Waals surface area contributed by atoms with Gasteiger partial charge in [0.1, 0.15) is 0 Å². The molecular weight excluding hydrogens is 289 g/mol. The van der Waals surface area contributed by atoms with Crippen LogP contribution in [0.4, 0.5) is 0 Å². The van der Waals surface area contributed by atoms with Crippen molar-refractivity contribution in [3.8, 4) is 0 Å². The van der Waals surface area contributed by atoms with Crippen molar-refractivity contribution >= 4 is 23.2 Å². The lowest BCUT2D eigenvalue weighted by molar-refractivity contribution is 0.514. The van der Waals surface area contributed by atoms with Gasteiger partial charge < -0.3 is 5.73 Å². The quantitative estimate of drug-likeness (QED) is 0.878. The average Bonchev–Trinajstić information content (AvgIpc) is 3.26. The minimum atomic E-state index is 0.0702. The molecule has 1 atom stereocenters. The van der Waals surface area contributed by atoms with Gasteiger partial charge in [0.25, 0.3) is 0 Å². The standard InChI is InChI=1S/C17H17Cl2N/c18-14-8-4-5-12(16(14)19)11-15(20)17(9-10-17)13-6-2-1-3-7-13/h1-8,15H,9-11,20H2. The zero-order valence-corrected chi connectivity index (χ0v) is 12.7. The largest absolute Gasteiger partial charge is 0.327 e. The Kier molecular flexibility index (Phi) is 3.76. The van der Waals surface area contributed by atoms with Gasteiger partial charge in [0.15, 0.2) is 0 Å². The topological polar surface area (TPSA) is 26.0 Å². The summed E-state index contributed by atoms with van der Waals surface area (Å²) in [7, 11) is 0. The van der Waals surface area contributed by atoms with Crippen LogP contribution in [0.15, 0.2) is 48.5 Å². The highest BCUT2D eigenvalue weighted by molar-refractivity contribution is 6.42. The maximum atomic E-state index is 6.50. The Morgan fingerprint density at radius 3 is 2.35 bits per heavy atom. The molecule has 0 bridgehead atoms. The van der Waals surface area contributed by atoms with Crippen molar-refractivity contribution in [2.45, 2.75) is 30.7 Å². The lowest BCUT2D eigenvalue weighted by Crippen LogP contribution is -2.36. The molecule has 0 aromatic heterocycles. The summed E-state index contributed by atoms with van der Waals surface area (Å²) >= 11 is 12.3. The summed E-state index contributed by atoms with van der Waals surface area (Å²) < 4.78 is 0. The molecule has 20 heavy (non-hydrogen) atoms. The predicted molar refractivity (Wildman–Crippen MR) is 85.5 cm³/mol. The van der Waals surface area contributed by atoms with Gasteiger partial charge in [-0.2, -0.15) is 0 Å². The van der Waals surface area contributed by atoms with Crippen LogP contribution in [-0.2, 0) is 11.8 Å². The van der Waals surface area contributed by atoms with E-state index in [0.29, 0.717) is 10.0 Å². The van der Waals surface area contributed by atoms with Crippen molar-refractivity contribution in [1.29, 1.82) is 0 Å². The molecule has 1 aliphatic carbocycles. The first-order valence-electron chi connectivity index (χ1n) is 6.87. The Morgan fingerprint density at radius 2 is 1.70 bits per heavy atom. The molecule has 2 aromatic rings. The highest BCUT2D eigenvalue weighted by atomic mass is 35.5. The van der Waals surface area contributed by atoms with Crippen molar-refractivity contribution in [2.75, 3.05) is 0 Å². The molecule has 3 heteroatoms. The van der Waals surface area contributed by atoms with E-state index < -0.39 is 0 Å². The van der Waals surface area contributed by atoms with Gasteiger partial charge >= 0.3 is 0 Å². The molecule has 2 aromatic carbocycles. The molecule has 1 saturated carbocycles. The lowest BCUT2D eigenvalue weighted by Gasteiger charge is -2.24. The first-order valence-corrected chi connectivity index (χ1v) is 7.63. The second-order valence-corrected chi connectivity index (χ2v) is 6.33. The van der Waals surface area contributed by atoms with Crippen molar-refractivity contribution < 1.29 is 0 Å². The molecular formula is C17H17Cl2N. The molecule has 0 amide bonds. The third-order valence-corrected chi connectivity index (χ3v) is 5.18. The number of hydrogen-bond acceptors (Lipinski definition) is 1. The van der Waals surface area contributed by atoms with Crippen LogP contribution in [-0.4, -0.2) is 6.04 Å². The molecule has 0 spiro atoms. The van der Waals surface area contributed by atoms with E-state index in [1.54, 1.807) is 0 Å². The predicted octanol–water partition coefficient (Wildman–Crippen LogP) is 4.60. The Labute approximate surface area is 129 Å². The number of benzene rings is 2. The van der Waals surface area contributed by atoms with E-state index in [2.05, 4.69) is 24.3 Å². The van der Waals surface area contributed by atoms with Crippen LogP contribution >= 0.6 is 23.2 Å². The fourth-order valence-electron chi connectivity index (χ4n) is 2.92. The Hall–Kier alpha value is -1.02. The summed E-state index contributed by atoms with van der Waals surface area (Å²) in [4.78, 5) is 0. The van der Waals surface area contributed by atoms with E-state index in [4.69, 9.17) is 28.9 Å². The van der Waals surface area contributed by atoms with Gasteiger partial charge in [0, 0.05) is 11.5 Å². The Morgan fingerprint density at radius 1 is 1.00 bits per heavy atom. The Bertz CT molecular complexity index is 606. The molecule has 0 heterocycles. The zero-order chi connectivity index (χ0) is 14.2. The summed E-state index contributed by atoms with van der Waals surface area (Å²) in [5.74, 6) is 0. The van der Waals surface area contributed by atoms with Gasteiger partial charge in [-0.3, -0.25) is 0 Å². The van der Waals surface area contributed by atoms with Gasteiger partial charge in [-0.1, -0.05) is 65.7 Å². The summed E-state index contributed by atoms with van der Waals surface area (Å²) in [6.07, 6.45) is 3.06. The summed E-state index contributed by atoms with van der Waals surface area (Å²) in [6, 6.07) is 16.4. The number of halogens is 2. The maximum Gasteiger partial charge on any atom is 0.0624 e. The van der Waals surface area contributed by atoms with Crippen molar-refractivity contribution in [3.63, 3.8) is 0 Å². The van der Waals surface area contributed by atoms with E-state index in [-0.39, 0.29) is 11.5 Å². The summed E-state index contributed by atoms with van der Waals surface area (Å²) in [6.45, 7) is 0. The second-order valence-electron chi connectivity index (χ2n) is 5.55. The molecule has 3 rings (SSSR count). The number of hydrogen-bond donors (Lipinski definition) is 1. The molecule has 2 N–H and O–H groups in total. The van der Waals surface area contributed by atoms with Crippen LogP contribution in [0.3, 0.4) is 0 Å². The minimum absolute atomic E-state index is 0.0702. The van der Waals surface area contributed by atoms with Crippen LogP contribution in [0.1, 0.15) is 24.0 Å². The van der Waals surface area contributed by atoms with E-state index in [9.17, 15) is 0 Å². The molecule has 0 radical (unpaired) electrons. The van der Waals surface area contributed by atoms with Crippen LogP contribution in [0.2, 0.25) is 10.0 Å². The van der Waals surface area contributed by atoms with Gasteiger partial charge in [-0.05, 0) is 36.5 Å². The molecule has 1 aliphatic rings. The van der Waals surface area contributed by atoms with Crippen LogP contribution in [0, 0.1) is 0 Å². The van der Waals surface area contributed by atoms with Gasteiger partial charge in [-0.15, -0.1) is 0 Å². The molecule has 104 valence electrons. The minimum Gasteiger partial charge on any atom is -0.327 e. The second kappa shape index (κ2) is 5.40. The first-order chi connectivity index (χ1) is 9.63. The van der Waals surface area contributed by atoms with Crippen LogP contribution in [0.25, 0.3) is 0 Å². The monoisotopic (exact) mass is 305 g/mol. The summed E-state index contributed by atoms with van der Waals surface area (Å²) in [5, 5.41) is 1.23. The van der Waals surface area contributed by atoms with E-state index in [1.807, 2.05) is 24.3 Å². The first kappa shape index (κ1) is 13.9. The average molecular weight is 306 g/mol. The number of nitrogens with two attached hydrogens (primary N) is 1. The molecule has 0 saturated heterocycles. The SMILES string of the molecule is NC(Cc1cccc(Cl)c1Cl)C1(c2ccccc2)CC1. The fraction of sp³-hybridized carbons (Fsp3) is 0.294. The molecule has 0 aliphatic heterocycles.